The molecular formula is C12H11N3O4. The molecule has 7 heteroatoms. The van der Waals surface area contributed by atoms with Crippen LogP contribution in [0.2, 0.25) is 0 Å². The van der Waals surface area contributed by atoms with Crippen LogP contribution in [-0.4, -0.2) is 33.7 Å². The number of carbonyl (C=O) groups is 2. The molecule has 0 aliphatic heterocycles. The molecule has 1 aromatic heterocycles. The predicted molar refractivity (Wildman–Crippen MR) is 68.2 cm³/mol. The van der Waals surface area contributed by atoms with Crippen LogP contribution < -0.4 is 5.32 Å². The number of aromatic amines is 1. The standard InChI is InChI=1S/C12H11N3O4/c1-2-5-19-12(18)13-7-3-4-8-9(6-7)15-10(14-8)11(16)17/h2-4,6H,1,5H2,(H,13,18)(H,14,15)(H,16,17). The van der Waals surface area contributed by atoms with Gasteiger partial charge in [0, 0.05) is 5.69 Å². The lowest BCUT2D eigenvalue weighted by Crippen LogP contribution is -2.13. The van der Waals surface area contributed by atoms with Gasteiger partial charge in [-0.05, 0) is 18.2 Å². The minimum atomic E-state index is -1.14. The number of nitrogens with zero attached hydrogens (tertiary/aromatic N) is 1. The molecule has 1 aromatic carbocycles. The number of hydrogen-bond donors (Lipinski definition) is 3. The van der Waals surface area contributed by atoms with Gasteiger partial charge >= 0.3 is 12.1 Å². The third-order valence-corrected chi connectivity index (χ3v) is 2.26. The average Bonchev–Trinajstić information content (AvgIpc) is 2.79. The largest absolute Gasteiger partial charge is 0.475 e. The minimum absolute atomic E-state index is 0.112. The molecule has 0 radical (unpaired) electrons. The number of aromatic nitrogens is 2. The molecule has 1 heterocycles. The highest BCUT2D eigenvalue weighted by atomic mass is 16.5. The number of rotatable bonds is 4. The molecule has 3 N–H and O–H groups in total. The molecule has 2 rings (SSSR count). The Bertz CT molecular complexity index is 647. The lowest BCUT2D eigenvalue weighted by molar-refractivity contribution is 0.0685. The van der Waals surface area contributed by atoms with Gasteiger partial charge in [-0.15, -0.1) is 0 Å². The van der Waals surface area contributed by atoms with Crippen LogP contribution in [0.3, 0.4) is 0 Å². The molecule has 0 saturated carbocycles. The van der Waals surface area contributed by atoms with Crippen molar-refractivity contribution in [2.75, 3.05) is 11.9 Å². The monoisotopic (exact) mass is 261 g/mol. The van der Waals surface area contributed by atoms with Gasteiger partial charge in [0.15, 0.2) is 0 Å². The molecule has 0 aliphatic rings. The molecule has 0 unspecified atom stereocenters. The van der Waals surface area contributed by atoms with Crippen LogP contribution in [0.1, 0.15) is 10.6 Å². The molecule has 19 heavy (non-hydrogen) atoms. The summed E-state index contributed by atoms with van der Waals surface area (Å²) in [5, 5.41) is 11.3. The van der Waals surface area contributed by atoms with Gasteiger partial charge in [-0.2, -0.15) is 0 Å². The van der Waals surface area contributed by atoms with Crippen LogP contribution in [0.4, 0.5) is 10.5 Å². The third kappa shape index (κ3) is 2.89. The molecule has 7 nitrogen and oxygen atoms in total. The number of imidazole rings is 1. The number of benzene rings is 1. The molecule has 0 atom stereocenters. The summed E-state index contributed by atoms with van der Waals surface area (Å²) < 4.78 is 4.76. The molecule has 0 fully saturated rings. The number of carboxylic acid groups (broad SMARTS) is 1. The van der Waals surface area contributed by atoms with E-state index in [-0.39, 0.29) is 12.4 Å². The van der Waals surface area contributed by atoms with Crippen LogP contribution in [0.25, 0.3) is 11.0 Å². The molecule has 98 valence electrons. The van der Waals surface area contributed by atoms with Gasteiger partial charge < -0.3 is 14.8 Å². The van der Waals surface area contributed by atoms with Gasteiger partial charge in [-0.25, -0.2) is 14.6 Å². The number of ether oxygens (including phenoxy) is 1. The van der Waals surface area contributed by atoms with Crippen molar-refractivity contribution in [3.63, 3.8) is 0 Å². The van der Waals surface area contributed by atoms with Gasteiger partial charge in [-0.3, -0.25) is 5.32 Å². The zero-order chi connectivity index (χ0) is 13.8. The van der Waals surface area contributed by atoms with Crippen molar-refractivity contribution in [2.45, 2.75) is 0 Å². The van der Waals surface area contributed by atoms with E-state index in [1.165, 1.54) is 6.08 Å². The van der Waals surface area contributed by atoms with Crippen molar-refractivity contribution in [2.24, 2.45) is 0 Å². The Morgan fingerprint density at radius 2 is 2.32 bits per heavy atom. The Morgan fingerprint density at radius 3 is 3.00 bits per heavy atom. The first-order valence-corrected chi connectivity index (χ1v) is 5.38. The number of hydrogen-bond acceptors (Lipinski definition) is 4. The molecular weight excluding hydrogens is 250 g/mol. The Balaban J connectivity index is 2.19. The Morgan fingerprint density at radius 1 is 1.53 bits per heavy atom. The van der Waals surface area contributed by atoms with Crippen molar-refractivity contribution in [1.29, 1.82) is 0 Å². The summed E-state index contributed by atoms with van der Waals surface area (Å²) in [6.45, 7) is 3.54. The van der Waals surface area contributed by atoms with E-state index in [9.17, 15) is 9.59 Å². The van der Waals surface area contributed by atoms with E-state index in [2.05, 4.69) is 21.9 Å². The number of H-pyrrole nitrogens is 1. The number of anilines is 1. The smallest absolute Gasteiger partial charge is 0.411 e. The van der Waals surface area contributed by atoms with Crippen LogP contribution in [0.5, 0.6) is 0 Å². The van der Waals surface area contributed by atoms with Crippen molar-refractivity contribution in [3.05, 3.63) is 36.7 Å². The maximum absolute atomic E-state index is 11.3. The maximum atomic E-state index is 11.3. The van der Waals surface area contributed by atoms with Crippen LogP contribution in [0.15, 0.2) is 30.9 Å². The second-order valence-corrected chi connectivity index (χ2v) is 3.63. The average molecular weight is 261 g/mol. The fourth-order valence-corrected chi connectivity index (χ4v) is 1.48. The van der Waals surface area contributed by atoms with Crippen molar-refractivity contribution in [1.82, 2.24) is 9.97 Å². The fraction of sp³-hybridized carbons (Fsp3) is 0.0833. The third-order valence-electron chi connectivity index (χ3n) is 2.26. The summed E-state index contributed by atoms with van der Waals surface area (Å²) in [5.74, 6) is -1.29. The maximum Gasteiger partial charge on any atom is 0.411 e. The minimum Gasteiger partial charge on any atom is -0.475 e. The Labute approximate surface area is 107 Å². The second-order valence-electron chi connectivity index (χ2n) is 3.63. The van der Waals surface area contributed by atoms with E-state index in [1.54, 1.807) is 18.2 Å². The number of aromatic carboxylic acids is 1. The van der Waals surface area contributed by atoms with Gasteiger partial charge in [0.05, 0.1) is 11.0 Å². The van der Waals surface area contributed by atoms with Gasteiger partial charge in [0.2, 0.25) is 5.82 Å². The quantitative estimate of drug-likeness (QED) is 0.730. The van der Waals surface area contributed by atoms with E-state index in [0.29, 0.717) is 16.7 Å². The number of carboxylic acids is 1. The van der Waals surface area contributed by atoms with E-state index in [0.717, 1.165) is 0 Å². The van der Waals surface area contributed by atoms with Crippen LogP contribution >= 0.6 is 0 Å². The molecule has 1 amide bonds. The van der Waals surface area contributed by atoms with E-state index in [1.807, 2.05) is 0 Å². The first-order chi connectivity index (χ1) is 9.10. The number of amides is 1. The lowest BCUT2D eigenvalue weighted by Gasteiger charge is -2.04. The molecule has 0 bridgehead atoms. The molecule has 0 saturated heterocycles. The number of nitrogens with one attached hydrogen (secondary N) is 2. The van der Waals surface area contributed by atoms with E-state index in [4.69, 9.17) is 9.84 Å². The SMILES string of the molecule is C=CCOC(=O)Nc1ccc2nc(C(=O)O)[nH]c2c1. The van der Waals surface area contributed by atoms with Crippen molar-refractivity contribution < 1.29 is 19.4 Å². The van der Waals surface area contributed by atoms with Gasteiger partial charge in [-0.1, -0.05) is 12.7 Å². The number of carbonyl (C=O) groups excluding carboxylic acids is 1. The summed E-state index contributed by atoms with van der Waals surface area (Å²) in [4.78, 5) is 28.6. The van der Waals surface area contributed by atoms with Crippen molar-refractivity contribution >= 4 is 28.8 Å². The topological polar surface area (TPSA) is 104 Å². The zero-order valence-corrected chi connectivity index (χ0v) is 9.84. The molecule has 0 spiro atoms. The normalized spacial score (nSPS) is 10.1. The van der Waals surface area contributed by atoms with Crippen molar-refractivity contribution in [3.8, 4) is 0 Å². The summed E-state index contributed by atoms with van der Waals surface area (Å²) >= 11 is 0. The highest BCUT2D eigenvalue weighted by Crippen LogP contribution is 2.17. The highest BCUT2D eigenvalue weighted by molar-refractivity contribution is 5.92. The Hall–Kier alpha value is -2.83. The fourth-order valence-electron chi connectivity index (χ4n) is 1.48. The summed E-state index contributed by atoms with van der Waals surface area (Å²) in [6, 6.07) is 4.77. The summed E-state index contributed by atoms with van der Waals surface area (Å²) in [7, 11) is 0. The lowest BCUT2D eigenvalue weighted by atomic mass is 10.3. The first kappa shape index (κ1) is 12.6. The van der Waals surface area contributed by atoms with Crippen LogP contribution in [-0.2, 0) is 4.74 Å². The number of fused-ring (bicyclic) bond motifs is 1. The van der Waals surface area contributed by atoms with Gasteiger partial charge in [0.1, 0.15) is 6.61 Å². The van der Waals surface area contributed by atoms with Crippen LogP contribution in [0, 0.1) is 0 Å². The van der Waals surface area contributed by atoms with E-state index >= 15 is 0 Å². The summed E-state index contributed by atoms with van der Waals surface area (Å²) in [6.07, 6.45) is 0.841. The van der Waals surface area contributed by atoms with Gasteiger partial charge in [0.25, 0.3) is 0 Å². The second kappa shape index (κ2) is 5.21. The Kier molecular flexibility index (Phi) is 3.46. The molecule has 0 aliphatic carbocycles. The first-order valence-electron chi connectivity index (χ1n) is 5.38. The van der Waals surface area contributed by atoms with E-state index < -0.39 is 12.1 Å². The zero-order valence-electron chi connectivity index (χ0n) is 9.84. The highest BCUT2D eigenvalue weighted by Gasteiger charge is 2.10. The molecule has 2 aromatic rings. The predicted octanol–water partition coefficient (Wildman–Crippen LogP) is 2.00. The summed E-state index contributed by atoms with van der Waals surface area (Å²) in [5.41, 5.74) is 1.49.